The summed E-state index contributed by atoms with van der Waals surface area (Å²) in [6.45, 7) is 5.43. The van der Waals surface area contributed by atoms with Crippen molar-refractivity contribution in [3.05, 3.63) is 59.7 Å². The van der Waals surface area contributed by atoms with E-state index in [9.17, 15) is 4.79 Å². The molecular formula is C24H27N3O4. The number of nitrogens with zero attached hydrogens (tertiary/aromatic N) is 2. The molecule has 0 radical (unpaired) electrons. The maximum absolute atomic E-state index is 12.6. The zero-order valence-electron chi connectivity index (χ0n) is 17.7. The van der Waals surface area contributed by atoms with Gasteiger partial charge in [0.05, 0.1) is 0 Å². The highest BCUT2D eigenvalue weighted by atomic mass is 16.7. The maximum Gasteiger partial charge on any atom is 0.269 e. The van der Waals surface area contributed by atoms with Crippen molar-refractivity contribution in [2.24, 2.45) is 5.16 Å². The fourth-order valence-corrected chi connectivity index (χ4v) is 4.47. The van der Waals surface area contributed by atoms with Gasteiger partial charge in [0.15, 0.2) is 17.1 Å². The van der Waals surface area contributed by atoms with Crippen molar-refractivity contribution in [3.8, 4) is 11.5 Å². The Bertz CT molecular complexity index is 994. The number of oxime groups is 1. The van der Waals surface area contributed by atoms with Crippen LogP contribution in [-0.2, 0) is 16.2 Å². The zero-order chi connectivity index (χ0) is 21.3. The summed E-state index contributed by atoms with van der Waals surface area (Å²) in [5.41, 5.74) is 2.48. The van der Waals surface area contributed by atoms with Crippen molar-refractivity contribution in [2.45, 2.75) is 37.8 Å². The van der Waals surface area contributed by atoms with E-state index in [2.05, 4.69) is 40.5 Å². The van der Waals surface area contributed by atoms with Crippen LogP contribution in [0.5, 0.6) is 11.5 Å². The normalized spacial score (nSPS) is 22.9. The molecule has 2 aromatic rings. The zero-order valence-corrected chi connectivity index (χ0v) is 17.7. The standard InChI is InChI=1S/C24H27N3O4/c1-17(19-5-3-2-4-6-19)13-25-23(28)20-12-24(31-26-20)9-10-27(15-24)14-18-7-8-21-22(11-18)30-16-29-21/h2-8,11,17H,9-10,12-16H2,1H3,(H,25,28)/t17-,24-/m0/s1. The van der Waals surface area contributed by atoms with Crippen molar-refractivity contribution in [3.63, 3.8) is 0 Å². The number of hydrogen-bond acceptors (Lipinski definition) is 6. The average molecular weight is 421 g/mol. The fraction of sp³-hybridized carbons (Fsp3) is 0.417. The van der Waals surface area contributed by atoms with E-state index in [0.29, 0.717) is 18.7 Å². The molecule has 0 saturated carbocycles. The first-order chi connectivity index (χ1) is 15.1. The van der Waals surface area contributed by atoms with E-state index in [1.807, 2.05) is 30.3 Å². The lowest BCUT2D eigenvalue weighted by atomic mass is 9.96. The Labute approximate surface area is 182 Å². The largest absolute Gasteiger partial charge is 0.454 e. The fourth-order valence-electron chi connectivity index (χ4n) is 4.47. The Balaban J connectivity index is 1.12. The van der Waals surface area contributed by atoms with Crippen LogP contribution < -0.4 is 14.8 Å². The first-order valence-corrected chi connectivity index (χ1v) is 10.8. The molecule has 5 rings (SSSR count). The van der Waals surface area contributed by atoms with Gasteiger partial charge in [-0.05, 0) is 29.2 Å². The van der Waals surface area contributed by atoms with Gasteiger partial charge in [0.2, 0.25) is 6.79 Å². The third kappa shape index (κ3) is 4.23. The van der Waals surface area contributed by atoms with Crippen LogP contribution in [0.1, 0.15) is 36.8 Å². The lowest BCUT2D eigenvalue weighted by Gasteiger charge is -2.21. The van der Waals surface area contributed by atoms with Crippen LogP contribution in [-0.4, -0.2) is 48.5 Å². The van der Waals surface area contributed by atoms with Gasteiger partial charge in [-0.2, -0.15) is 0 Å². The summed E-state index contributed by atoms with van der Waals surface area (Å²) >= 11 is 0. The minimum Gasteiger partial charge on any atom is -0.454 e. The predicted molar refractivity (Wildman–Crippen MR) is 116 cm³/mol. The highest BCUT2D eigenvalue weighted by molar-refractivity contribution is 6.39. The summed E-state index contributed by atoms with van der Waals surface area (Å²) in [6, 6.07) is 16.2. The molecular weight excluding hydrogens is 394 g/mol. The monoisotopic (exact) mass is 421 g/mol. The van der Waals surface area contributed by atoms with Gasteiger partial charge in [-0.3, -0.25) is 9.69 Å². The van der Waals surface area contributed by atoms with E-state index in [1.54, 1.807) is 0 Å². The molecule has 7 heteroatoms. The highest BCUT2D eigenvalue weighted by Crippen LogP contribution is 2.36. The number of ether oxygens (including phenoxy) is 2. The molecule has 31 heavy (non-hydrogen) atoms. The maximum atomic E-state index is 12.6. The molecule has 162 valence electrons. The van der Waals surface area contributed by atoms with Gasteiger partial charge in [0.1, 0.15) is 5.71 Å². The molecule has 1 saturated heterocycles. The van der Waals surface area contributed by atoms with Crippen LogP contribution in [0.15, 0.2) is 53.7 Å². The second kappa shape index (κ2) is 8.23. The smallest absolute Gasteiger partial charge is 0.269 e. The number of likely N-dealkylation sites (tertiary alicyclic amines) is 1. The molecule has 2 atom stereocenters. The van der Waals surface area contributed by atoms with E-state index in [-0.39, 0.29) is 18.6 Å². The number of amides is 1. The summed E-state index contributed by atoms with van der Waals surface area (Å²) in [5.74, 6) is 1.71. The Kier molecular flexibility index (Phi) is 5.28. The summed E-state index contributed by atoms with van der Waals surface area (Å²) in [6.07, 6.45) is 1.41. The molecule has 1 spiro atoms. The van der Waals surface area contributed by atoms with E-state index in [1.165, 1.54) is 11.1 Å². The van der Waals surface area contributed by atoms with Gasteiger partial charge in [-0.1, -0.05) is 48.5 Å². The van der Waals surface area contributed by atoms with Crippen LogP contribution in [0.25, 0.3) is 0 Å². The number of fused-ring (bicyclic) bond motifs is 1. The van der Waals surface area contributed by atoms with E-state index >= 15 is 0 Å². The van der Waals surface area contributed by atoms with Gasteiger partial charge in [-0.25, -0.2) is 0 Å². The molecule has 2 aromatic carbocycles. The van der Waals surface area contributed by atoms with Crippen molar-refractivity contribution >= 4 is 11.6 Å². The predicted octanol–water partition coefficient (Wildman–Crippen LogP) is 3.06. The molecule has 1 amide bonds. The number of benzene rings is 2. The van der Waals surface area contributed by atoms with E-state index < -0.39 is 5.60 Å². The van der Waals surface area contributed by atoms with Gasteiger partial charge in [0, 0.05) is 39.0 Å². The molecule has 0 aromatic heterocycles. The molecule has 1 N–H and O–H groups in total. The average Bonchev–Trinajstić information content (AvgIpc) is 3.53. The van der Waals surface area contributed by atoms with Crippen LogP contribution in [0.4, 0.5) is 0 Å². The molecule has 0 bridgehead atoms. The van der Waals surface area contributed by atoms with E-state index in [0.717, 1.165) is 37.6 Å². The van der Waals surface area contributed by atoms with Crippen molar-refractivity contribution in [1.29, 1.82) is 0 Å². The number of rotatable bonds is 6. The molecule has 3 aliphatic rings. The number of nitrogens with one attached hydrogen (secondary N) is 1. The van der Waals surface area contributed by atoms with Gasteiger partial charge in [0.25, 0.3) is 5.91 Å². The first-order valence-electron chi connectivity index (χ1n) is 10.8. The number of hydrogen-bond donors (Lipinski definition) is 1. The van der Waals surface area contributed by atoms with Crippen molar-refractivity contribution < 1.29 is 19.1 Å². The van der Waals surface area contributed by atoms with Crippen LogP contribution in [0.3, 0.4) is 0 Å². The van der Waals surface area contributed by atoms with Crippen molar-refractivity contribution in [2.75, 3.05) is 26.4 Å². The molecule has 0 aliphatic carbocycles. The van der Waals surface area contributed by atoms with Crippen molar-refractivity contribution in [1.82, 2.24) is 10.2 Å². The number of carbonyl (C=O) groups excluding carboxylic acids is 1. The molecule has 0 unspecified atom stereocenters. The third-order valence-electron chi connectivity index (χ3n) is 6.28. The number of carbonyl (C=O) groups is 1. The molecule has 7 nitrogen and oxygen atoms in total. The quantitative estimate of drug-likeness (QED) is 0.776. The van der Waals surface area contributed by atoms with Crippen LogP contribution >= 0.6 is 0 Å². The molecule has 1 fully saturated rings. The topological polar surface area (TPSA) is 72.4 Å². The van der Waals surface area contributed by atoms with Gasteiger partial charge >= 0.3 is 0 Å². The Morgan fingerprint density at radius 1 is 1.19 bits per heavy atom. The minimum absolute atomic E-state index is 0.131. The SMILES string of the molecule is C[C@@H](CNC(=O)C1=NO[C@@]2(CCN(Cc3ccc4c(c3)OCO4)C2)C1)c1ccccc1. The second-order valence-electron chi connectivity index (χ2n) is 8.66. The van der Waals surface area contributed by atoms with Crippen LogP contribution in [0.2, 0.25) is 0 Å². The first kappa shape index (κ1) is 19.9. The van der Waals surface area contributed by atoms with Gasteiger partial charge < -0.3 is 19.6 Å². The molecule has 3 aliphatic heterocycles. The minimum atomic E-state index is -0.395. The van der Waals surface area contributed by atoms with E-state index in [4.69, 9.17) is 14.3 Å². The summed E-state index contributed by atoms with van der Waals surface area (Å²) in [5, 5.41) is 7.17. The Hall–Kier alpha value is -3.06. The lowest BCUT2D eigenvalue weighted by molar-refractivity contribution is -0.115. The molecule has 3 heterocycles. The Morgan fingerprint density at radius 3 is 2.90 bits per heavy atom. The third-order valence-corrected chi connectivity index (χ3v) is 6.28. The summed E-state index contributed by atoms with van der Waals surface area (Å²) < 4.78 is 10.9. The second-order valence-corrected chi connectivity index (χ2v) is 8.66. The lowest BCUT2D eigenvalue weighted by Crippen LogP contribution is -2.37. The van der Waals surface area contributed by atoms with Crippen LogP contribution in [0, 0.1) is 0 Å². The summed E-state index contributed by atoms with van der Waals surface area (Å²) in [7, 11) is 0. The Morgan fingerprint density at radius 2 is 2.03 bits per heavy atom. The van der Waals surface area contributed by atoms with Gasteiger partial charge in [-0.15, -0.1) is 0 Å². The summed E-state index contributed by atoms with van der Waals surface area (Å²) in [4.78, 5) is 20.8. The highest BCUT2D eigenvalue weighted by Gasteiger charge is 2.46.